The molecule has 4 rings (SSSR count). The second kappa shape index (κ2) is 10.7. The number of hydrogen-bond acceptors (Lipinski definition) is 6. The maximum atomic E-state index is 13.2. The van der Waals surface area contributed by atoms with E-state index in [0.29, 0.717) is 42.3 Å². The normalized spacial score (nSPS) is 15.9. The molecule has 176 valence electrons. The minimum Gasteiger partial charge on any atom is -0.493 e. The van der Waals surface area contributed by atoms with E-state index in [1.54, 1.807) is 25.2 Å². The molecule has 0 atom stereocenters. The van der Waals surface area contributed by atoms with E-state index in [2.05, 4.69) is 10.2 Å². The Morgan fingerprint density at radius 1 is 1.09 bits per heavy atom. The first-order valence-corrected chi connectivity index (χ1v) is 11.3. The number of carbonyl (C=O) groups is 2. The zero-order chi connectivity index (χ0) is 23.2. The van der Waals surface area contributed by atoms with E-state index < -0.39 is 0 Å². The number of ether oxygens (including phenoxy) is 3. The van der Waals surface area contributed by atoms with Crippen LogP contribution in [0.4, 0.5) is 0 Å². The van der Waals surface area contributed by atoms with Crippen molar-refractivity contribution in [2.24, 2.45) is 0 Å². The van der Waals surface area contributed by atoms with Crippen LogP contribution in [0.15, 0.2) is 36.4 Å². The summed E-state index contributed by atoms with van der Waals surface area (Å²) in [5.41, 5.74) is 2.76. The lowest BCUT2D eigenvalue weighted by molar-refractivity contribution is 0.0374. The molecule has 1 fully saturated rings. The molecular formula is C25H31N3O5. The van der Waals surface area contributed by atoms with Crippen molar-refractivity contribution in [3.05, 3.63) is 58.7 Å². The minimum atomic E-state index is -0.199. The van der Waals surface area contributed by atoms with Crippen molar-refractivity contribution in [1.82, 2.24) is 15.1 Å². The van der Waals surface area contributed by atoms with Crippen LogP contribution in [-0.4, -0.2) is 75.2 Å². The minimum absolute atomic E-state index is 0.126. The lowest BCUT2D eigenvalue weighted by atomic mass is 10.0. The van der Waals surface area contributed by atoms with Gasteiger partial charge in [-0.05, 0) is 42.3 Å². The summed E-state index contributed by atoms with van der Waals surface area (Å²) in [5.74, 6) is 0.940. The molecule has 0 aliphatic carbocycles. The Bertz CT molecular complexity index is 1000. The van der Waals surface area contributed by atoms with E-state index >= 15 is 0 Å². The fourth-order valence-corrected chi connectivity index (χ4v) is 4.36. The predicted octanol–water partition coefficient (Wildman–Crippen LogP) is 2.31. The van der Waals surface area contributed by atoms with Gasteiger partial charge in [-0.25, -0.2) is 0 Å². The van der Waals surface area contributed by atoms with Gasteiger partial charge < -0.3 is 24.4 Å². The van der Waals surface area contributed by atoms with E-state index in [-0.39, 0.29) is 11.8 Å². The van der Waals surface area contributed by atoms with Crippen molar-refractivity contribution in [2.45, 2.75) is 19.5 Å². The molecule has 1 saturated heterocycles. The first-order valence-electron chi connectivity index (χ1n) is 11.3. The molecule has 33 heavy (non-hydrogen) atoms. The second-order valence-corrected chi connectivity index (χ2v) is 8.25. The van der Waals surface area contributed by atoms with Gasteiger partial charge in [-0.3, -0.25) is 14.5 Å². The molecule has 2 aromatic carbocycles. The molecule has 1 N–H and O–H groups in total. The summed E-state index contributed by atoms with van der Waals surface area (Å²) in [4.78, 5) is 30.2. The van der Waals surface area contributed by atoms with Gasteiger partial charge in [-0.15, -0.1) is 0 Å². The molecule has 0 radical (unpaired) electrons. The molecule has 0 aromatic heterocycles. The van der Waals surface area contributed by atoms with Crippen LogP contribution in [0.3, 0.4) is 0 Å². The van der Waals surface area contributed by atoms with Gasteiger partial charge in [0.25, 0.3) is 11.8 Å². The zero-order valence-electron chi connectivity index (χ0n) is 19.3. The molecule has 0 unspecified atom stereocenters. The maximum absolute atomic E-state index is 13.2. The van der Waals surface area contributed by atoms with Gasteiger partial charge in [-0.1, -0.05) is 18.2 Å². The van der Waals surface area contributed by atoms with Gasteiger partial charge in [0.05, 0.1) is 38.6 Å². The molecule has 0 spiro atoms. The van der Waals surface area contributed by atoms with E-state index in [1.165, 1.54) is 0 Å². The summed E-state index contributed by atoms with van der Waals surface area (Å²) in [6.07, 6.45) is 0.861. The standard InChI is InChI=1S/C25H31N3O5/c1-31-21-8-7-18(15-22(21)32-2)16-28-17-19-5-3-6-20(23(19)25(28)30)24(29)26-9-4-10-27-11-13-33-14-12-27/h3,5-8,15H,4,9-14,16-17H2,1-2H3,(H,26,29). The van der Waals surface area contributed by atoms with Crippen LogP contribution in [0.5, 0.6) is 11.5 Å². The molecule has 2 heterocycles. The van der Waals surface area contributed by atoms with Crippen LogP contribution in [0.2, 0.25) is 0 Å². The first-order chi connectivity index (χ1) is 16.1. The quantitative estimate of drug-likeness (QED) is 0.587. The Morgan fingerprint density at radius 3 is 2.64 bits per heavy atom. The van der Waals surface area contributed by atoms with Crippen LogP contribution < -0.4 is 14.8 Å². The summed E-state index contributed by atoms with van der Waals surface area (Å²) in [6, 6.07) is 11.1. The van der Waals surface area contributed by atoms with Crippen molar-refractivity contribution in [3.63, 3.8) is 0 Å². The number of nitrogens with zero attached hydrogens (tertiary/aromatic N) is 2. The fraction of sp³-hybridized carbons (Fsp3) is 0.440. The number of fused-ring (bicyclic) bond motifs is 1. The highest BCUT2D eigenvalue weighted by atomic mass is 16.5. The highest BCUT2D eigenvalue weighted by Gasteiger charge is 2.31. The van der Waals surface area contributed by atoms with Crippen LogP contribution in [0, 0.1) is 0 Å². The summed E-state index contributed by atoms with van der Waals surface area (Å²) in [5, 5.41) is 2.98. The number of hydrogen-bond donors (Lipinski definition) is 1. The van der Waals surface area contributed by atoms with E-state index in [0.717, 1.165) is 50.4 Å². The molecule has 8 heteroatoms. The summed E-state index contributed by atoms with van der Waals surface area (Å²) >= 11 is 0. The Morgan fingerprint density at radius 2 is 1.88 bits per heavy atom. The number of benzene rings is 2. The van der Waals surface area contributed by atoms with Crippen molar-refractivity contribution >= 4 is 11.8 Å². The SMILES string of the molecule is COc1ccc(CN2Cc3cccc(C(=O)NCCCN4CCOCC4)c3C2=O)cc1OC. The fourth-order valence-electron chi connectivity index (χ4n) is 4.36. The maximum Gasteiger partial charge on any atom is 0.255 e. The molecule has 2 aromatic rings. The molecule has 2 aliphatic rings. The third-order valence-electron chi connectivity index (χ3n) is 6.12. The Balaban J connectivity index is 1.38. The van der Waals surface area contributed by atoms with E-state index in [9.17, 15) is 9.59 Å². The smallest absolute Gasteiger partial charge is 0.255 e. The third-order valence-corrected chi connectivity index (χ3v) is 6.12. The van der Waals surface area contributed by atoms with Gasteiger partial charge >= 0.3 is 0 Å². The summed E-state index contributed by atoms with van der Waals surface area (Å²) in [6.45, 7) is 5.80. The predicted molar refractivity (Wildman–Crippen MR) is 124 cm³/mol. The second-order valence-electron chi connectivity index (χ2n) is 8.25. The van der Waals surface area contributed by atoms with Crippen molar-refractivity contribution in [2.75, 3.05) is 53.6 Å². The monoisotopic (exact) mass is 453 g/mol. The number of amides is 2. The highest BCUT2D eigenvalue weighted by molar-refractivity contribution is 6.09. The van der Waals surface area contributed by atoms with Crippen molar-refractivity contribution in [1.29, 1.82) is 0 Å². The lowest BCUT2D eigenvalue weighted by Gasteiger charge is -2.26. The molecule has 0 bridgehead atoms. The first kappa shape index (κ1) is 23.1. The number of nitrogens with one attached hydrogen (secondary N) is 1. The third kappa shape index (κ3) is 5.29. The number of morpholine rings is 1. The number of carbonyl (C=O) groups excluding carboxylic acids is 2. The summed E-state index contributed by atoms with van der Waals surface area (Å²) in [7, 11) is 3.18. The van der Waals surface area contributed by atoms with Crippen LogP contribution in [0.1, 0.15) is 38.3 Å². The summed E-state index contributed by atoms with van der Waals surface area (Å²) < 4.78 is 16.0. The number of rotatable bonds is 9. The largest absolute Gasteiger partial charge is 0.493 e. The van der Waals surface area contributed by atoms with Gasteiger partial charge in [0.15, 0.2) is 11.5 Å². The lowest BCUT2D eigenvalue weighted by Crippen LogP contribution is -2.38. The van der Waals surface area contributed by atoms with Crippen LogP contribution >= 0.6 is 0 Å². The Kier molecular flexibility index (Phi) is 7.47. The Labute approximate surface area is 194 Å². The van der Waals surface area contributed by atoms with Crippen LogP contribution in [-0.2, 0) is 17.8 Å². The average Bonchev–Trinajstić information content (AvgIpc) is 3.17. The topological polar surface area (TPSA) is 80.3 Å². The van der Waals surface area contributed by atoms with E-state index in [4.69, 9.17) is 14.2 Å². The highest BCUT2D eigenvalue weighted by Crippen LogP contribution is 2.31. The zero-order valence-corrected chi connectivity index (χ0v) is 19.3. The molecule has 8 nitrogen and oxygen atoms in total. The van der Waals surface area contributed by atoms with Crippen molar-refractivity contribution < 1.29 is 23.8 Å². The molecule has 2 aliphatic heterocycles. The van der Waals surface area contributed by atoms with Gasteiger partial charge in [0.1, 0.15) is 0 Å². The van der Waals surface area contributed by atoms with E-state index in [1.807, 2.05) is 30.3 Å². The molecule has 0 saturated carbocycles. The van der Waals surface area contributed by atoms with Gasteiger partial charge in [0.2, 0.25) is 0 Å². The van der Waals surface area contributed by atoms with Gasteiger partial charge in [-0.2, -0.15) is 0 Å². The van der Waals surface area contributed by atoms with Crippen LogP contribution in [0.25, 0.3) is 0 Å². The Hall–Kier alpha value is -3.10. The number of methoxy groups -OCH3 is 2. The van der Waals surface area contributed by atoms with Crippen molar-refractivity contribution in [3.8, 4) is 11.5 Å². The average molecular weight is 454 g/mol. The molecular weight excluding hydrogens is 422 g/mol. The van der Waals surface area contributed by atoms with Gasteiger partial charge in [0, 0.05) is 32.7 Å². The molecule has 2 amide bonds.